The normalized spacial score (nSPS) is 13.0. The fraction of sp³-hybridized carbons (Fsp3) is 0.667. The van der Waals surface area contributed by atoms with E-state index in [2.05, 4.69) is 4.57 Å². The Balaban J connectivity index is 2.33. The van der Waals surface area contributed by atoms with Crippen LogP contribution >= 0.6 is 0 Å². The highest BCUT2D eigenvalue weighted by molar-refractivity contribution is 5.13. The second-order valence-corrected chi connectivity index (χ2v) is 3.66. The number of aliphatic hydroxyl groups is 1. The lowest BCUT2D eigenvalue weighted by atomic mass is 10.1. The summed E-state index contributed by atoms with van der Waals surface area (Å²) in [5.74, 6) is 0. The molecular weight excluding hydrogens is 190 g/mol. The van der Waals surface area contributed by atoms with E-state index in [1.165, 1.54) is 0 Å². The van der Waals surface area contributed by atoms with E-state index < -0.39 is 0 Å². The summed E-state index contributed by atoms with van der Waals surface area (Å²) >= 11 is 0. The standard InChI is InChI=1S/C12H21NO2/c1-3-12(14)11-6-8-13(10-11)7-5-9-15-4-2/h6,8,10,12,14H,3-5,7,9H2,1-2H3. The predicted molar refractivity (Wildman–Crippen MR) is 60.8 cm³/mol. The van der Waals surface area contributed by atoms with Crippen LogP contribution in [0.25, 0.3) is 0 Å². The molecule has 0 aliphatic heterocycles. The van der Waals surface area contributed by atoms with Crippen molar-refractivity contribution in [2.45, 2.75) is 39.3 Å². The SMILES string of the molecule is CCOCCCn1ccc(C(O)CC)c1. The third-order valence-corrected chi connectivity index (χ3v) is 2.45. The molecule has 0 aliphatic carbocycles. The molecule has 0 aliphatic rings. The van der Waals surface area contributed by atoms with Crippen molar-refractivity contribution in [2.75, 3.05) is 13.2 Å². The van der Waals surface area contributed by atoms with E-state index in [0.29, 0.717) is 0 Å². The molecule has 0 fully saturated rings. The van der Waals surface area contributed by atoms with Gasteiger partial charge in [-0.15, -0.1) is 0 Å². The molecular formula is C12H21NO2. The number of hydrogen-bond donors (Lipinski definition) is 1. The molecule has 3 heteroatoms. The molecule has 3 nitrogen and oxygen atoms in total. The Hall–Kier alpha value is -0.800. The molecule has 0 saturated carbocycles. The molecule has 86 valence electrons. The summed E-state index contributed by atoms with van der Waals surface area (Å²) in [5, 5.41) is 9.61. The Bertz CT molecular complexity index is 270. The topological polar surface area (TPSA) is 34.4 Å². The zero-order valence-electron chi connectivity index (χ0n) is 9.65. The largest absolute Gasteiger partial charge is 0.388 e. The maximum atomic E-state index is 9.61. The second kappa shape index (κ2) is 6.64. The minimum atomic E-state index is -0.321. The van der Waals surface area contributed by atoms with Crippen LogP contribution in [0.4, 0.5) is 0 Å². The van der Waals surface area contributed by atoms with Crippen molar-refractivity contribution in [3.05, 3.63) is 24.0 Å². The van der Waals surface area contributed by atoms with Gasteiger partial charge >= 0.3 is 0 Å². The molecule has 1 aromatic rings. The van der Waals surface area contributed by atoms with Crippen LogP contribution < -0.4 is 0 Å². The number of aliphatic hydroxyl groups excluding tert-OH is 1. The lowest BCUT2D eigenvalue weighted by Crippen LogP contribution is -2.01. The average Bonchev–Trinajstić information content (AvgIpc) is 2.72. The van der Waals surface area contributed by atoms with Crippen LogP contribution in [-0.2, 0) is 11.3 Å². The van der Waals surface area contributed by atoms with Crippen molar-refractivity contribution < 1.29 is 9.84 Å². The van der Waals surface area contributed by atoms with E-state index in [4.69, 9.17) is 4.74 Å². The van der Waals surface area contributed by atoms with Crippen molar-refractivity contribution in [3.63, 3.8) is 0 Å². The van der Waals surface area contributed by atoms with Crippen LogP contribution in [0.1, 0.15) is 38.4 Å². The summed E-state index contributed by atoms with van der Waals surface area (Å²) in [4.78, 5) is 0. The van der Waals surface area contributed by atoms with Gasteiger partial charge in [0.1, 0.15) is 0 Å². The van der Waals surface area contributed by atoms with Gasteiger partial charge in [0, 0.05) is 32.2 Å². The van der Waals surface area contributed by atoms with Gasteiger partial charge in [-0.1, -0.05) is 6.92 Å². The van der Waals surface area contributed by atoms with Gasteiger partial charge in [0.05, 0.1) is 6.10 Å². The van der Waals surface area contributed by atoms with Gasteiger partial charge in [-0.2, -0.15) is 0 Å². The fourth-order valence-corrected chi connectivity index (χ4v) is 1.52. The van der Waals surface area contributed by atoms with Gasteiger partial charge in [-0.05, 0) is 31.4 Å². The van der Waals surface area contributed by atoms with Gasteiger partial charge in [-0.25, -0.2) is 0 Å². The number of hydrogen-bond acceptors (Lipinski definition) is 2. The molecule has 1 N–H and O–H groups in total. The summed E-state index contributed by atoms with van der Waals surface area (Å²) in [6.45, 7) is 6.53. The van der Waals surface area contributed by atoms with Crippen molar-refractivity contribution in [2.24, 2.45) is 0 Å². The molecule has 0 bridgehead atoms. The number of nitrogens with zero attached hydrogens (tertiary/aromatic N) is 1. The maximum Gasteiger partial charge on any atom is 0.0802 e. The van der Waals surface area contributed by atoms with Crippen LogP contribution in [0, 0.1) is 0 Å². The zero-order chi connectivity index (χ0) is 11.1. The van der Waals surface area contributed by atoms with Crippen LogP contribution in [-0.4, -0.2) is 22.9 Å². The van der Waals surface area contributed by atoms with Gasteiger partial charge in [0.2, 0.25) is 0 Å². The lowest BCUT2D eigenvalue weighted by molar-refractivity contribution is 0.141. The monoisotopic (exact) mass is 211 g/mol. The third-order valence-electron chi connectivity index (χ3n) is 2.45. The van der Waals surface area contributed by atoms with E-state index in [1.54, 1.807) is 0 Å². The van der Waals surface area contributed by atoms with E-state index in [-0.39, 0.29) is 6.10 Å². The Morgan fingerprint density at radius 1 is 1.47 bits per heavy atom. The summed E-state index contributed by atoms with van der Waals surface area (Å²) in [5.41, 5.74) is 1.01. The van der Waals surface area contributed by atoms with Crippen molar-refractivity contribution in [1.82, 2.24) is 4.57 Å². The minimum Gasteiger partial charge on any atom is -0.388 e. The van der Waals surface area contributed by atoms with Gasteiger partial charge in [0.25, 0.3) is 0 Å². The summed E-state index contributed by atoms with van der Waals surface area (Å²) in [6.07, 6.45) is 5.49. The molecule has 1 atom stereocenters. The minimum absolute atomic E-state index is 0.321. The molecule has 15 heavy (non-hydrogen) atoms. The highest BCUT2D eigenvalue weighted by atomic mass is 16.5. The summed E-state index contributed by atoms with van der Waals surface area (Å²) < 4.78 is 7.37. The van der Waals surface area contributed by atoms with Gasteiger partial charge < -0.3 is 14.4 Å². The molecule has 0 spiro atoms. The first-order chi connectivity index (χ1) is 7.27. The number of rotatable bonds is 7. The molecule has 0 aromatic carbocycles. The number of ether oxygens (including phenoxy) is 1. The number of aryl methyl sites for hydroxylation is 1. The molecule has 1 heterocycles. The smallest absolute Gasteiger partial charge is 0.0802 e. The average molecular weight is 211 g/mol. The zero-order valence-corrected chi connectivity index (χ0v) is 9.65. The highest BCUT2D eigenvalue weighted by Crippen LogP contribution is 2.16. The van der Waals surface area contributed by atoms with E-state index >= 15 is 0 Å². The van der Waals surface area contributed by atoms with E-state index in [0.717, 1.165) is 38.2 Å². The maximum absolute atomic E-state index is 9.61. The van der Waals surface area contributed by atoms with Crippen molar-refractivity contribution in [3.8, 4) is 0 Å². The van der Waals surface area contributed by atoms with Gasteiger partial charge in [-0.3, -0.25) is 0 Å². The molecule has 0 radical (unpaired) electrons. The molecule has 1 rings (SSSR count). The van der Waals surface area contributed by atoms with E-state index in [9.17, 15) is 5.11 Å². The lowest BCUT2D eigenvalue weighted by Gasteiger charge is -2.05. The van der Waals surface area contributed by atoms with Crippen molar-refractivity contribution >= 4 is 0 Å². The Kier molecular flexibility index (Phi) is 5.43. The Morgan fingerprint density at radius 3 is 2.93 bits per heavy atom. The summed E-state index contributed by atoms with van der Waals surface area (Å²) in [7, 11) is 0. The third kappa shape index (κ3) is 4.06. The van der Waals surface area contributed by atoms with Crippen LogP contribution in [0.5, 0.6) is 0 Å². The quantitative estimate of drug-likeness (QED) is 0.702. The van der Waals surface area contributed by atoms with Crippen molar-refractivity contribution in [1.29, 1.82) is 0 Å². The van der Waals surface area contributed by atoms with Crippen LogP contribution in [0.2, 0.25) is 0 Å². The predicted octanol–water partition coefficient (Wildman–Crippen LogP) is 2.36. The first-order valence-corrected chi connectivity index (χ1v) is 5.69. The number of aromatic nitrogens is 1. The van der Waals surface area contributed by atoms with Crippen LogP contribution in [0.3, 0.4) is 0 Å². The molecule has 0 saturated heterocycles. The van der Waals surface area contributed by atoms with Crippen LogP contribution in [0.15, 0.2) is 18.5 Å². The first kappa shape index (κ1) is 12.3. The van der Waals surface area contributed by atoms with E-state index in [1.807, 2.05) is 32.3 Å². The molecule has 0 amide bonds. The molecule has 1 unspecified atom stereocenters. The molecule has 1 aromatic heterocycles. The first-order valence-electron chi connectivity index (χ1n) is 5.69. The Labute approximate surface area is 91.7 Å². The fourth-order valence-electron chi connectivity index (χ4n) is 1.52. The highest BCUT2D eigenvalue weighted by Gasteiger charge is 2.05. The Morgan fingerprint density at radius 2 is 2.27 bits per heavy atom. The second-order valence-electron chi connectivity index (χ2n) is 3.66. The summed E-state index contributed by atoms with van der Waals surface area (Å²) in [6, 6.07) is 1.98. The van der Waals surface area contributed by atoms with Gasteiger partial charge in [0.15, 0.2) is 0 Å².